The summed E-state index contributed by atoms with van der Waals surface area (Å²) in [7, 11) is 0. The molecule has 2 saturated carbocycles. The van der Waals surface area contributed by atoms with E-state index in [1.807, 2.05) is 13.0 Å². The van der Waals surface area contributed by atoms with Crippen molar-refractivity contribution in [2.75, 3.05) is 0 Å². The lowest BCUT2D eigenvalue weighted by atomic mass is 9.48. The summed E-state index contributed by atoms with van der Waals surface area (Å²) < 4.78 is 0. The predicted molar refractivity (Wildman–Crippen MR) is 83.1 cm³/mol. The van der Waals surface area contributed by atoms with Crippen molar-refractivity contribution in [3.63, 3.8) is 0 Å². The second-order valence-electron chi connectivity index (χ2n) is 8.19. The summed E-state index contributed by atoms with van der Waals surface area (Å²) in [5, 5.41) is 11.4. The summed E-state index contributed by atoms with van der Waals surface area (Å²) in [5.74, 6) is 0.812. The van der Waals surface area contributed by atoms with Crippen molar-refractivity contribution in [2.24, 2.45) is 22.7 Å². The standard InChI is InChI=1S/C19H24O3/c1-17-8-5-13(20)11-12(17)3-4-15-14(17)6-9-18(2)16(21)7-10-19(15,18)22/h3-4,11,14-15,22H,5-10H2,1-2H3/t14-,15+,17-,18+,19-/m0/s1. The molecule has 22 heavy (non-hydrogen) atoms. The van der Waals surface area contributed by atoms with E-state index in [0.717, 1.165) is 24.8 Å². The first kappa shape index (κ1) is 14.4. The summed E-state index contributed by atoms with van der Waals surface area (Å²) in [6.07, 6.45) is 10.2. The molecule has 118 valence electrons. The van der Waals surface area contributed by atoms with Crippen LogP contribution in [0.25, 0.3) is 0 Å². The molecule has 4 rings (SSSR count). The van der Waals surface area contributed by atoms with Crippen molar-refractivity contribution >= 4 is 11.6 Å². The van der Waals surface area contributed by atoms with Gasteiger partial charge in [0.15, 0.2) is 5.78 Å². The molecule has 0 aromatic carbocycles. The summed E-state index contributed by atoms with van der Waals surface area (Å²) >= 11 is 0. The molecule has 0 bridgehead atoms. The fraction of sp³-hybridized carbons (Fsp3) is 0.684. The van der Waals surface area contributed by atoms with Crippen LogP contribution < -0.4 is 0 Å². The van der Waals surface area contributed by atoms with Gasteiger partial charge in [0.05, 0.1) is 11.0 Å². The van der Waals surface area contributed by atoms with Crippen LogP contribution in [0.1, 0.15) is 52.4 Å². The van der Waals surface area contributed by atoms with Crippen molar-refractivity contribution in [3.05, 3.63) is 23.8 Å². The van der Waals surface area contributed by atoms with E-state index in [9.17, 15) is 14.7 Å². The molecule has 5 atom stereocenters. The van der Waals surface area contributed by atoms with Crippen molar-refractivity contribution in [1.82, 2.24) is 0 Å². The number of carbonyl (C=O) groups is 2. The minimum atomic E-state index is -0.903. The number of rotatable bonds is 0. The van der Waals surface area contributed by atoms with Crippen LogP contribution in [0.2, 0.25) is 0 Å². The van der Waals surface area contributed by atoms with Gasteiger partial charge in [-0.2, -0.15) is 0 Å². The third-order valence-corrected chi connectivity index (χ3v) is 7.41. The summed E-state index contributed by atoms with van der Waals surface area (Å²) in [6.45, 7) is 4.21. The topological polar surface area (TPSA) is 54.4 Å². The van der Waals surface area contributed by atoms with E-state index in [4.69, 9.17) is 0 Å². The van der Waals surface area contributed by atoms with E-state index in [0.29, 0.717) is 25.2 Å². The molecule has 4 aliphatic rings. The van der Waals surface area contributed by atoms with Crippen LogP contribution in [-0.4, -0.2) is 22.3 Å². The normalized spacial score (nSPS) is 50.2. The van der Waals surface area contributed by atoms with Crippen molar-refractivity contribution in [1.29, 1.82) is 0 Å². The second kappa shape index (κ2) is 4.19. The maximum absolute atomic E-state index is 12.4. The van der Waals surface area contributed by atoms with Crippen LogP contribution in [-0.2, 0) is 9.59 Å². The molecule has 0 unspecified atom stereocenters. The number of aliphatic hydroxyl groups is 1. The number of fused-ring (bicyclic) bond motifs is 5. The van der Waals surface area contributed by atoms with Gasteiger partial charge in [-0.3, -0.25) is 9.59 Å². The van der Waals surface area contributed by atoms with E-state index in [2.05, 4.69) is 13.0 Å². The van der Waals surface area contributed by atoms with Gasteiger partial charge in [0.1, 0.15) is 5.78 Å². The maximum Gasteiger partial charge on any atom is 0.156 e. The molecule has 0 aromatic heterocycles. The first-order valence-electron chi connectivity index (χ1n) is 8.50. The zero-order chi connectivity index (χ0) is 15.8. The Hall–Kier alpha value is -1.22. The monoisotopic (exact) mass is 300 g/mol. The Morgan fingerprint density at radius 1 is 1.14 bits per heavy atom. The molecular formula is C19H24O3. The molecule has 4 aliphatic carbocycles. The molecule has 3 nitrogen and oxygen atoms in total. The number of allylic oxidation sites excluding steroid dienone is 3. The molecule has 0 aliphatic heterocycles. The smallest absolute Gasteiger partial charge is 0.156 e. The Morgan fingerprint density at radius 2 is 1.91 bits per heavy atom. The molecule has 0 saturated heterocycles. The van der Waals surface area contributed by atoms with Gasteiger partial charge >= 0.3 is 0 Å². The van der Waals surface area contributed by atoms with Crippen molar-refractivity contribution < 1.29 is 14.7 Å². The highest BCUT2D eigenvalue weighted by molar-refractivity contribution is 5.92. The van der Waals surface area contributed by atoms with E-state index in [1.54, 1.807) is 6.08 Å². The second-order valence-corrected chi connectivity index (χ2v) is 8.19. The maximum atomic E-state index is 12.4. The first-order valence-corrected chi connectivity index (χ1v) is 8.50. The van der Waals surface area contributed by atoms with Gasteiger partial charge in [-0.05, 0) is 55.6 Å². The van der Waals surface area contributed by atoms with E-state index in [1.165, 1.54) is 0 Å². The lowest BCUT2D eigenvalue weighted by Crippen LogP contribution is -2.59. The van der Waals surface area contributed by atoms with Gasteiger partial charge in [-0.1, -0.05) is 19.1 Å². The lowest BCUT2D eigenvalue weighted by molar-refractivity contribution is -0.163. The highest BCUT2D eigenvalue weighted by Crippen LogP contribution is 2.64. The summed E-state index contributed by atoms with van der Waals surface area (Å²) in [4.78, 5) is 24.1. The third-order valence-electron chi connectivity index (χ3n) is 7.41. The highest BCUT2D eigenvalue weighted by Gasteiger charge is 2.65. The largest absolute Gasteiger partial charge is 0.388 e. The number of ketones is 2. The third kappa shape index (κ3) is 1.51. The van der Waals surface area contributed by atoms with Crippen molar-refractivity contribution in [2.45, 2.75) is 58.0 Å². The highest BCUT2D eigenvalue weighted by atomic mass is 16.3. The van der Waals surface area contributed by atoms with Crippen LogP contribution in [0.4, 0.5) is 0 Å². The van der Waals surface area contributed by atoms with Gasteiger partial charge in [0.25, 0.3) is 0 Å². The Balaban J connectivity index is 1.82. The van der Waals surface area contributed by atoms with Gasteiger partial charge in [0, 0.05) is 18.8 Å². The Morgan fingerprint density at radius 3 is 2.68 bits per heavy atom. The minimum absolute atomic E-state index is 0.0317. The average Bonchev–Trinajstić information content (AvgIpc) is 2.72. The molecule has 3 heteroatoms. The van der Waals surface area contributed by atoms with E-state index < -0.39 is 11.0 Å². The molecular weight excluding hydrogens is 276 g/mol. The Kier molecular flexibility index (Phi) is 2.74. The molecule has 0 radical (unpaired) electrons. The average molecular weight is 300 g/mol. The van der Waals surface area contributed by atoms with Gasteiger partial charge in [-0.15, -0.1) is 0 Å². The number of hydrogen-bond acceptors (Lipinski definition) is 3. The van der Waals surface area contributed by atoms with Gasteiger partial charge < -0.3 is 5.11 Å². The number of Topliss-reactive ketones (excluding diaryl/α,β-unsaturated/α-hetero) is 1. The van der Waals surface area contributed by atoms with Crippen LogP contribution in [0.15, 0.2) is 23.8 Å². The lowest BCUT2D eigenvalue weighted by Gasteiger charge is -2.57. The van der Waals surface area contributed by atoms with E-state index >= 15 is 0 Å². The minimum Gasteiger partial charge on any atom is -0.388 e. The fourth-order valence-electron chi connectivity index (χ4n) is 5.74. The summed E-state index contributed by atoms with van der Waals surface area (Å²) in [5.41, 5.74) is -0.391. The molecule has 2 fully saturated rings. The molecule has 1 N–H and O–H groups in total. The Labute approximate surface area is 131 Å². The van der Waals surface area contributed by atoms with Crippen LogP contribution in [0.5, 0.6) is 0 Å². The van der Waals surface area contributed by atoms with E-state index in [-0.39, 0.29) is 22.9 Å². The number of carbonyl (C=O) groups excluding carboxylic acids is 2. The van der Waals surface area contributed by atoms with Crippen molar-refractivity contribution in [3.8, 4) is 0 Å². The van der Waals surface area contributed by atoms with Gasteiger partial charge in [-0.25, -0.2) is 0 Å². The Bertz CT molecular complexity index is 631. The van der Waals surface area contributed by atoms with Gasteiger partial charge in [0.2, 0.25) is 0 Å². The SMILES string of the molecule is C[C@]12CCC(=O)C=C1C=C[C@@H]1[C@@H]2CC[C@]2(C)C(=O)CC[C@]12O. The molecule has 0 amide bonds. The summed E-state index contributed by atoms with van der Waals surface area (Å²) in [6, 6.07) is 0. The number of hydrogen-bond donors (Lipinski definition) is 1. The molecule has 0 aromatic rings. The quantitative estimate of drug-likeness (QED) is 0.748. The zero-order valence-corrected chi connectivity index (χ0v) is 13.4. The first-order chi connectivity index (χ1) is 10.3. The zero-order valence-electron chi connectivity index (χ0n) is 13.4. The van der Waals surface area contributed by atoms with Crippen LogP contribution in [0, 0.1) is 22.7 Å². The molecule has 0 spiro atoms. The van der Waals surface area contributed by atoms with Crippen LogP contribution in [0.3, 0.4) is 0 Å². The van der Waals surface area contributed by atoms with Crippen LogP contribution >= 0.6 is 0 Å². The molecule has 0 heterocycles. The fourth-order valence-corrected chi connectivity index (χ4v) is 5.74. The predicted octanol–water partition coefficient (Wildman–Crippen LogP) is 2.98.